The van der Waals surface area contributed by atoms with E-state index in [9.17, 15) is 4.79 Å². The minimum Gasteiger partial charge on any atom is -0.319 e. The Morgan fingerprint density at radius 2 is 1.90 bits per heavy atom. The largest absolute Gasteiger partial charge is 0.319 e. The zero-order chi connectivity index (χ0) is 14.5. The topological polar surface area (TPSA) is 32.3 Å². The molecular formula is C17H26N2O. The van der Waals surface area contributed by atoms with Crippen LogP contribution >= 0.6 is 0 Å². The van der Waals surface area contributed by atoms with Crippen LogP contribution in [-0.2, 0) is 4.79 Å². The molecule has 0 radical (unpaired) electrons. The molecule has 0 saturated carbocycles. The fourth-order valence-electron chi connectivity index (χ4n) is 2.89. The van der Waals surface area contributed by atoms with Gasteiger partial charge in [-0.2, -0.15) is 0 Å². The lowest BCUT2D eigenvalue weighted by molar-refractivity contribution is -0.130. The van der Waals surface area contributed by atoms with Crippen molar-refractivity contribution in [1.29, 1.82) is 0 Å². The van der Waals surface area contributed by atoms with Crippen molar-refractivity contribution < 1.29 is 4.79 Å². The Kier molecular flexibility index (Phi) is 5.18. The van der Waals surface area contributed by atoms with E-state index in [4.69, 9.17) is 0 Å². The molecule has 0 aromatic heterocycles. The molecular weight excluding hydrogens is 248 g/mol. The number of nitrogens with zero attached hydrogens (tertiary/aromatic N) is 1. The SMILES string of the molecule is CC(C)CCCC(C)N1C(=O)CNC1c1ccccc1. The van der Waals surface area contributed by atoms with Crippen LogP contribution in [0, 0.1) is 5.92 Å². The molecule has 1 saturated heterocycles. The molecule has 1 amide bonds. The summed E-state index contributed by atoms with van der Waals surface area (Å²) in [6, 6.07) is 10.5. The van der Waals surface area contributed by atoms with Crippen molar-refractivity contribution >= 4 is 5.91 Å². The van der Waals surface area contributed by atoms with Crippen molar-refractivity contribution in [3.05, 3.63) is 35.9 Å². The Morgan fingerprint density at radius 1 is 1.20 bits per heavy atom. The highest BCUT2D eigenvalue weighted by molar-refractivity contribution is 5.81. The second-order valence-corrected chi connectivity index (χ2v) is 6.17. The molecule has 1 fully saturated rings. The third kappa shape index (κ3) is 3.60. The summed E-state index contributed by atoms with van der Waals surface area (Å²) in [7, 11) is 0. The third-order valence-corrected chi connectivity index (χ3v) is 4.01. The lowest BCUT2D eigenvalue weighted by atomic mass is 10.0. The van der Waals surface area contributed by atoms with E-state index >= 15 is 0 Å². The van der Waals surface area contributed by atoms with E-state index in [2.05, 4.69) is 38.2 Å². The van der Waals surface area contributed by atoms with Gasteiger partial charge in [0, 0.05) is 6.04 Å². The summed E-state index contributed by atoms with van der Waals surface area (Å²) in [5, 5.41) is 3.33. The summed E-state index contributed by atoms with van der Waals surface area (Å²) in [5.74, 6) is 0.954. The van der Waals surface area contributed by atoms with E-state index in [1.54, 1.807) is 0 Å². The van der Waals surface area contributed by atoms with Gasteiger partial charge in [0.1, 0.15) is 6.17 Å². The van der Waals surface area contributed by atoms with Crippen molar-refractivity contribution in [2.45, 2.75) is 52.2 Å². The standard InChI is InChI=1S/C17H26N2O/c1-13(2)8-7-9-14(3)19-16(20)12-18-17(19)15-10-5-4-6-11-15/h4-6,10-11,13-14,17-18H,7-9,12H2,1-3H3. The van der Waals surface area contributed by atoms with Gasteiger partial charge in [-0.05, 0) is 24.8 Å². The monoisotopic (exact) mass is 274 g/mol. The van der Waals surface area contributed by atoms with Gasteiger partial charge in [-0.15, -0.1) is 0 Å². The molecule has 0 aliphatic carbocycles. The van der Waals surface area contributed by atoms with E-state index in [0.29, 0.717) is 12.6 Å². The number of hydrogen-bond acceptors (Lipinski definition) is 2. The number of carbonyl (C=O) groups is 1. The van der Waals surface area contributed by atoms with Crippen molar-refractivity contribution in [1.82, 2.24) is 10.2 Å². The van der Waals surface area contributed by atoms with Crippen molar-refractivity contribution in [3.63, 3.8) is 0 Å². The predicted octanol–water partition coefficient (Wildman–Crippen LogP) is 3.33. The van der Waals surface area contributed by atoms with Crippen molar-refractivity contribution in [3.8, 4) is 0 Å². The van der Waals surface area contributed by atoms with Gasteiger partial charge in [-0.3, -0.25) is 10.1 Å². The zero-order valence-electron chi connectivity index (χ0n) is 12.8. The van der Waals surface area contributed by atoms with Crippen LogP contribution in [0.3, 0.4) is 0 Å². The molecule has 20 heavy (non-hydrogen) atoms. The van der Waals surface area contributed by atoms with E-state index in [1.807, 2.05) is 23.1 Å². The molecule has 1 N–H and O–H groups in total. The fraction of sp³-hybridized carbons (Fsp3) is 0.588. The number of benzene rings is 1. The molecule has 1 aromatic rings. The number of nitrogens with one attached hydrogen (secondary N) is 1. The predicted molar refractivity (Wildman–Crippen MR) is 82.2 cm³/mol. The van der Waals surface area contributed by atoms with E-state index in [0.717, 1.165) is 12.3 Å². The van der Waals surface area contributed by atoms with E-state index < -0.39 is 0 Å². The van der Waals surface area contributed by atoms with Crippen LogP contribution in [0.1, 0.15) is 51.8 Å². The normalized spacial score (nSPS) is 20.7. The molecule has 1 heterocycles. The first-order valence-corrected chi connectivity index (χ1v) is 7.69. The van der Waals surface area contributed by atoms with Gasteiger partial charge in [-0.1, -0.05) is 57.0 Å². The molecule has 1 aliphatic heterocycles. The lowest BCUT2D eigenvalue weighted by Gasteiger charge is -2.31. The Labute approximate surface area is 122 Å². The Hall–Kier alpha value is -1.35. The number of carbonyl (C=O) groups excluding carboxylic acids is 1. The number of hydrogen-bond donors (Lipinski definition) is 1. The fourth-order valence-corrected chi connectivity index (χ4v) is 2.89. The van der Waals surface area contributed by atoms with Crippen molar-refractivity contribution in [2.24, 2.45) is 5.92 Å². The smallest absolute Gasteiger partial charge is 0.238 e. The van der Waals surface area contributed by atoms with Crippen LogP contribution in [-0.4, -0.2) is 23.4 Å². The van der Waals surface area contributed by atoms with Crippen LogP contribution in [0.5, 0.6) is 0 Å². The quantitative estimate of drug-likeness (QED) is 0.863. The van der Waals surface area contributed by atoms with Crippen LogP contribution in [0.4, 0.5) is 0 Å². The summed E-state index contributed by atoms with van der Waals surface area (Å²) in [4.78, 5) is 14.2. The molecule has 0 spiro atoms. The lowest BCUT2D eigenvalue weighted by Crippen LogP contribution is -2.37. The highest BCUT2D eigenvalue weighted by Gasteiger charge is 2.34. The zero-order valence-corrected chi connectivity index (χ0v) is 12.8. The maximum atomic E-state index is 12.2. The van der Waals surface area contributed by atoms with Gasteiger partial charge in [-0.25, -0.2) is 0 Å². The van der Waals surface area contributed by atoms with Gasteiger partial charge in [0.05, 0.1) is 6.54 Å². The molecule has 3 nitrogen and oxygen atoms in total. The third-order valence-electron chi connectivity index (χ3n) is 4.01. The van der Waals surface area contributed by atoms with Gasteiger partial charge in [0.25, 0.3) is 0 Å². The maximum absolute atomic E-state index is 12.2. The highest BCUT2D eigenvalue weighted by Crippen LogP contribution is 2.26. The molecule has 2 unspecified atom stereocenters. The second kappa shape index (κ2) is 6.89. The van der Waals surface area contributed by atoms with Crippen LogP contribution in [0.25, 0.3) is 0 Å². The Bertz CT molecular complexity index is 430. The van der Waals surface area contributed by atoms with Crippen molar-refractivity contribution in [2.75, 3.05) is 6.54 Å². The summed E-state index contributed by atoms with van der Waals surface area (Å²) in [5.41, 5.74) is 1.18. The van der Waals surface area contributed by atoms with Crippen LogP contribution in [0.15, 0.2) is 30.3 Å². The average molecular weight is 274 g/mol. The first-order valence-electron chi connectivity index (χ1n) is 7.69. The molecule has 2 rings (SSSR count). The minimum absolute atomic E-state index is 0.0396. The van der Waals surface area contributed by atoms with Gasteiger partial charge >= 0.3 is 0 Å². The number of amides is 1. The number of rotatable bonds is 6. The molecule has 0 bridgehead atoms. The maximum Gasteiger partial charge on any atom is 0.238 e. The Balaban J connectivity index is 2.01. The van der Waals surface area contributed by atoms with Crippen LogP contribution in [0.2, 0.25) is 0 Å². The minimum atomic E-state index is 0.0396. The van der Waals surface area contributed by atoms with Gasteiger partial charge in [0.15, 0.2) is 0 Å². The highest BCUT2D eigenvalue weighted by atomic mass is 16.2. The summed E-state index contributed by atoms with van der Waals surface area (Å²) < 4.78 is 0. The first-order chi connectivity index (χ1) is 9.59. The summed E-state index contributed by atoms with van der Waals surface area (Å²) in [6.45, 7) is 7.12. The molecule has 2 atom stereocenters. The van der Waals surface area contributed by atoms with Crippen LogP contribution < -0.4 is 5.32 Å². The molecule has 1 aliphatic rings. The van der Waals surface area contributed by atoms with E-state index in [1.165, 1.54) is 18.4 Å². The van der Waals surface area contributed by atoms with Gasteiger partial charge in [0.2, 0.25) is 5.91 Å². The van der Waals surface area contributed by atoms with E-state index in [-0.39, 0.29) is 12.1 Å². The molecule has 3 heteroatoms. The second-order valence-electron chi connectivity index (χ2n) is 6.17. The first kappa shape index (κ1) is 15.0. The summed E-state index contributed by atoms with van der Waals surface area (Å²) >= 11 is 0. The molecule has 1 aromatic carbocycles. The van der Waals surface area contributed by atoms with Gasteiger partial charge < -0.3 is 4.90 Å². The Morgan fingerprint density at radius 3 is 2.55 bits per heavy atom. The molecule has 110 valence electrons. The average Bonchev–Trinajstić information content (AvgIpc) is 2.81. The summed E-state index contributed by atoms with van der Waals surface area (Å²) in [6.07, 6.45) is 3.53.